The molecule has 2 fully saturated rings. The van der Waals surface area contributed by atoms with Gasteiger partial charge in [-0.1, -0.05) is 0 Å². The Morgan fingerprint density at radius 2 is 1.83 bits per heavy atom. The van der Waals surface area contributed by atoms with E-state index in [9.17, 15) is 13.6 Å². The number of rotatable bonds is 4. The molecule has 5 nitrogen and oxygen atoms in total. The number of anilines is 1. The normalized spacial score (nSPS) is 21.1. The number of hydrogen-bond donors (Lipinski definition) is 2. The van der Waals surface area contributed by atoms with Crippen molar-refractivity contribution >= 4 is 22.5 Å². The summed E-state index contributed by atoms with van der Waals surface area (Å²) in [7, 11) is 0. The molecule has 1 aromatic carbocycles. The SMILES string of the molecule is CC(C)N1CCC(Nc2ccc3[nH]c(C(=O)N4CCC(F)(F)CC4)cc3c2)CC1. The largest absolute Gasteiger partial charge is 0.382 e. The van der Waals surface area contributed by atoms with Crippen molar-refractivity contribution in [3.05, 3.63) is 30.0 Å². The molecule has 2 aliphatic heterocycles. The maximum atomic E-state index is 13.4. The van der Waals surface area contributed by atoms with Gasteiger partial charge in [0, 0.05) is 67.7 Å². The fourth-order valence-corrected chi connectivity index (χ4v) is 4.34. The Balaban J connectivity index is 1.41. The molecule has 7 heteroatoms. The van der Waals surface area contributed by atoms with Gasteiger partial charge in [-0.25, -0.2) is 8.78 Å². The third-order valence-corrected chi connectivity index (χ3v) is 6.26. The topological polar surface area (TPSA) is 51.4 Å². The van der Waals surface area contributed by atoms with E-state index < -0.39 is 5.92 Å². The van der Waals surface area contributed by atoms with E-state index in [2.05, 4.69) is 35.1 Å². The maximum absolute atomic E-state index is 13.4. The number of nitrogens with one attached hydrogen (secondary N) is 2. The lowest BCUT2D eigenvalue weighted by atomic mass is 10.0. The van der Waals surface area contributed by atoms with Crippen LogP contribution in [0.25, 0.3) is 10.9 Å². The number of likely N-dealkylation sites (tertiary alicyclic amines) is 2. The van der Waals surface area contributed by atoms with E-state index >= 15 is 0 Å². The third-order valence-electron chi connectivity index (χ3n) is 6.26. The minimum Gasteiger partial charge on any atom is -0.382 e. The first kappa shape index (κ1) is 20.1. The summed E-state index contributed by atoms with van der Waals surface area (Å²) >= 11 is 0. The van der Waals surface area contributed by atoms with Gasteiger partial charge < -0.3 is 20.1 Å². The summed E-state index contributed by atoms with van der Waals surface area (Å²) in [5.74, 6) is -2.85. The van der Waals surface area contributed by atoms with E-state index in [1.165, 1.54) is 4.90 Å². The summed E-state index contributed by atoms with van der Waals surface area (Å²) in [5.41, 5.74) is 2.40. The van der Waals surface area contributed by atoms with Crippen LogP contribution < -0.4 is 5.32 Å². The van der Waals surface area contributed by atoms with Crippen molar-refractivity contribution < 1.29 is 13.6 Å². The van der Waals surface area contributed by atoms with Gasteiger partial charge in [-0.3, -0.25) is 4.79 Å². The first-order chi connectivity index (χ1) is 13.8. The molecule has 158 valence electrons. The predicted molar refractivity (Wildman–Crippen MR) is 112 cm³/mol. The van der Waals surface area contributed by atoms with Gasteiger partial charge in [0.15, 0.2) is 0 Å². The minimum absolute atomic E-state index is 0.100. The molecule has 0 unspecified atom stereocenters. The van der Waals surface area contributed by atoms with E-state index in [0.717, 1.165) is 42.5 Å². The number of aromatic nitrogens is 1. The number of fused-ring (bicyclic) bond motifs is 1. The highest BCUT2D eigenvalue weighted by Gasteiger charge is 2.36. The van der Waals surface area contributed by atoms with Crippen LogP contribution >= 0.6 is 0 Å². The average molecular weight is 405 g/mol. The molecule has 29 heavy (non-hydrogen) atoms. The summed E-state index contributed by atoms with van der Waals surface area (Å²) in [6.07, 6.45) is 1.71. The molecule has 2 aliphatic rings. The summed E-state index contributed by atoms with van der Waals surface area (Å²) < 4.78 is 26.7. The number of carbonyl (C=O) groups is 1. The summed E-state index contributed by atoms with van der Waals surface area (Å²) in [5, 5.41) is 4.58. The van der Waals surface area contributed by atoms with Crippen LogP contribution in [0.1, 0.15) is 50.0 Å². The molecule has 1 aromatic heterocycles. The molecule has 2 aromatic rings. The van der Waals surface area contributed by atoms with Crippen LogP contribution in [0.4, 0.5) is 14.5 Å². The second kappa shape index (κ2) is 7.94. The van der Waals surface area contributed by atoms with Crippen LogP contribution in [0.5, 0.6) is 0 Å². The van der Waals surface area contributed by atoms with E-state index in [1.54, 1.807) is 0 Å². The summed E-state index contributed by atoms with van der Waals surface area (Å²) in [4.78, 5) is 19.9. The second-order valence-corrected chi connectivity index (χ2v) is 8.68. The monoisotopic (exact) mass is 404 g/mol. The van der Waals surface area contributed by atoms with Crippen LogP contribution in [0.2, 0.25) is 0 Å². The Hall–Kier alpha value is -2.15. The van der Waals surface area contributed by atoms with Crippen molar-refractivity contribution in [2.24, 2.45) is 0 Å². The molecule has 2 saturated heterocycles. The van der Waals surface area contributed by atoms with Crippen LogP contribution in [0.15, 0.2) is 24.3 Å². The number of amides is 1. The van der Waals surface area contributed by atoms with Gasteiger partial charge in [0.2, 0.25) is 0 Å². The lowest BCUT2D eigenvalue weighted by Gasteiger charge is -2.35. The van der Waals surface area contributed by atoms with Crippen LogP contribution in [0, 0.1) is 0 Å². The quantitative estimate of drug-likeness (QED) is 0.798. The number of halogens is 2. The smallest absolute Gasteiger partial charge is 0.270 e. The van der Waals surface area contributed by atoms with Gasteiger partial charge in [-0.15, -0.1) is 0 Å². The first-order valence-corrected chi connectivity index (χ1v) is 10.6. The van der Waals surface area contributed by atoms with E-state index in [4.69, 9.17) is 0 Å². The number of nitrogens with zero attached hydrogens (tertiary/aromatic N) is 2. The molecule has 0 radical (unpaired) electrons. The zero-order valence-electron chi connectivity index (χ0n) is 17.2. The maximum Gasteiger partial charge on any atom is 0.270 e. The zero-order chi connectivity index (χ0) is 20.6. The number of aromatic amines is 1. The third kappa shape index (κ3) is 4.55. The van der Waals surface area contributed by atoms with Crippen molar-refractivity contribution in [1.82, 2.24) is 14.8 Å². The molecule has 4 rings (SSSR count). The van der Waals surface area contributed by atoms with Gasteiger partial charge in [0.25, 0.3) is 11.8 Å². The fourth-order valence-electron chi connectivity index (χ4n) is 4.34. The Morgan fingerprint density at radius 3 is 2.48 bits per heavy atom. The molecule has 0 spiro atoms. The molecular weight excluding hydrogens is 374 g/mol. The fraction of sp³-hybridized carbons (Fsp3) is 0.591. The Kier molecular flexibility index (Phi) is 5.51. The van der Waals surface area contributed by atoms with Crippen molar-refractivity contribution in [3.63, 3.8) is 0 Å². The summed E-state index contributed by atoms with van der Waals surface area (Å²) in [6, 6.07) is 8.94. The molecule has 1 amide bonds. The van der Waals surface area contributed by atoms with Crippen LogP contribution in [-0.2, 0) is 0 Å². The highest BCUT2D eigenvalue weighted by Crippen LogP contribution is 2.29. The highest BCUT2D eigenvalue weighted by atomic mass is 19.3. The molecule has 0 aliphatic carbocycles. The lowest BCUT2D eigenvalue weighted by molar-refractivity contribution is -0.0495. The Labute approximate surface area is 170 Å². The Bertz CT molecular complexity index is 861. The van der Waals surface area contributed by atoms with Crippen molar-refractivity contribution in [2.75, 3.05) is 31.5 Å². The number of piperidine rings is 2. The standard InChI is InChI=1S/C22H30F2N4O/c1-15(2)27-9-5-17(6-10-27)25-18-3-4-19-16(13-18)14-20(26-19)21(29)28-11-7-22(23,24)8-12-28/h3-4,13-15,17,25-26H,5-12H2,1-2H3. The van der Waals surface area contributed by atoms with E-state index in [0.29, 0.717) is 17.8 Å². The van der Waals surface area contributed by atoms with Gasteiger partial charge in [-0.05, 0) is 51.0 Å². The van der Waals surface area contributed by atoms with E-state index in [-0.39, 0.29) is 31.8 Å². The minimum atomic E-state index is -2.65. The number of H-pyrrole nitrogens is 1. The van der Waals surface area contributed by atoms with Crippen molar-refractivity contribution in [3.8, 4) is 0 Å². The molecule has 2 N–H and O–H groups in total. The Morgan fingerprint density at radius 1 is 1.14 bits per heavy atom. The van der Waals surface area contributed by atoms with Gasteiger partial charge in [0.05, 0.1) is 0 Å². The number of carbonyl (C=O) groups excluding carboxylic acids is 1. The van der Waals surface area contributed by atoms with Crippen molar-refractivity contribution in [2.45, 2.75) is 57.5 Å². The van der Waals surface area contributed by atoms with Gasteiger partial charge in [-0.2, -0.15) is 0 Å². The first-order valence-electron chi connectivity index (χ1n) is 10.6. The molecule has 0 atom stereocenters. The van der Waals surface area contributed by atoms with Crippen LogP contribution in [0.3, 0.4) is 0 Å². The molecule has 0 saturated carbocycles. The number of benzene rings is 1. The molecule has 0 bridgehead atoms. The van der Waals surface area contributed by atoms with Crippen LogP contribution in [-0.4, -0.2) is 64.9 Å². The lowest BCUT2D eigenvalue weighted by Crippen LogP contribution is -2.42. The second-order valence-electron chi connectivity index (χ2n) is 8.68. The predicted octanol–water partition coefficient (Wildman–Crippen LogP) is 4.32. The molecule has 3 heterocycles. The van der Waals surface area contributed by atoms with Gasteiger partial charge >= 0.3 is 0 Å². The number of hydrogen-bond acceptors (Lipinski definition) is 3. The zero-order valence-corrected chi connectivity index (χ0v) is 17.2. The van der Waals surface area contributed by atoms with Gasteiger partial charge in [0.1, 0.15) is 5.69 Å². The van der Waals surface area contributed by atoms with Crippen molar-refractivity contribution in [1.29, 1.82) is 0 Å². The van der Waals surface area contributed by atoms with E-state index in [1.807, 2.05) is 18.2 Å². The summed E-state index contributed by atoms with van der Waals surface area (Å²) in [6.45, 7) is 6.89. The molecular formula is C22H30F2N4O. The highest BCUT2D eigenvalue weighted by molar-refractivity contribution is 5.98. The number of alkyl halides is 2. The average Bonchev–Trinajstić information content (AvgIpc) is 3.11.